The van der Waals surface area contributed by atoms with Gasteiger partial charge in [-0.25, -0.2) is 0 Å². The molecule has 1 aliphatic rings. The van der Waals surface area contributed by atoms with Gasteiger partial charge in [0.2, 0.25) is 0 Å². The van der Waals surface area contributed by atoms with Crippen molar-refractivity contribution in [3.63, 3.8) is 0 Å². The van der Waals surface area contributed by atoms with Crippen LogP contribution in [0.2, 0.25) is 0 Å². The Morgan fingerprint density at radius 1 is 1.05 bits per heavy atom. The summed E-state index contributed by atoms with van der Waals surface area (Å²) in [5, 5.41) is 0. The molecule has 1 aliphatic heterocycles. The van der Waals surface area contributed by atoms with Crippen LogP contribution in [0.4, 0.5) is 0 Å². The minimum Gasteiger partial charge on any atom is -0.303 e. The van der Waals surface area contributed by atoms with Gasteiger partial charge >= 0.3 is 0 Å². The molecular weight excluding hydrogens is 232 g/mol. The smallest absolute Gasteiger partial charge is 0.0119 e. The highest BCUT2D eigenvalue weighted by atomic mass is 15.2. The quantitative estimate of drug-likeness (QED) is 0.776. The van der Waals surface area contributed by atoms with Crippen LogP contribution in [0.15, 0.2) is 30.3 Å². The van der Waals surface area contributed by atoms with Gasteiger partial charge in [0.15, 0.2) is 0 Å². The van der Waals surface area contributed by atoms with Crippen molar-refractivity contribution < 1.29 is 0 Å². The van der Waals surface area contributed by atoms with Gasteiger partial charge in [-0.2, -0.15) is 0 Å². The molecule has 1 aromatic carbocycles. The SMILES string of the molecule is CCN(CC)C1CCN(CCc2ccccc2)CC1. The first-order valence-corrected chi connectivity index (χ1v) is 7.83. The summed E-state index contributed by atoms with van der Waals surface area (Å²) in [7, 11) is 0. The van der Waals surface area contributed by atoms with E-state index in [0.29, 0.717) is 0 Å². The molecule has 0 unspecified atom stereocenters. The third kappa shape index (κ3) is 4.32. The number of likely N-dealkylation sites (tertiary alicyclic amines) is 1. The Kier molecular flexibility index (Phi) is 5.87. The zero-order valence-electron chi connectivity index (χ0n) is 12.5. The molecule has 1 saturated heterocycles. The predicted octanol–water partition coefficient (Wildman–Crippen LogP) is 3.04. The second kappa shape index (κ2) is 7.66. The number of piperidine rings is 1. The van der Waals surface area contributed by atoms with Crippen LogP contribution < -0.4 is 0 Å². The van der Waals surface area contributed by atoms with E-state index >= 15 is 0 Å². The number of nitrogens with zero attached hydrogens (tertiary/aromatic N) is 2. The van der Waals surface area contributed by atoms with Crippen molar-refractivity contribution in [2.45, 2.75) is 39.2 Å². The third-order valence-corrected chi connectivity index (χ3v) is 4.45. The maximum Gasteiger partial charge on any atom is 0.0119 e. The molecule has 1 fully saturated rings. The molecule has 2 heteroatoms. The third-order valence-electron chi connectivity index (χ3n) is 4.45. The van der Waals surface area contributed by atoms with Gasteiger partial charge in [-0.15, -0.1) is 0 Å². The average molecular weight is 260 g/mol. The molecule has 0 N–H and O–H groups in total. The highest BCUT2D eigenvalue weighted by molar-refractivity contribution is 5.14. The van der Waals surface area contributed by atoms with E-state index in [4.69, 9.17) is 0 Å². The predicted molar refractivity (Wildman–Crippen MR) is 82.5 cm³/mol. The van der Waals surface area contributed by atoms with Crippen LogP contribution in [-0.4, -0.2) is 48.6 Å². The summed E-state index contributed by atoms with van der Waals surface area (Å²) in [6.45, 7) is 10.7. The van der Waals surface area contributed by atoms with Crippen molar-refractivity contribution >= 4 is 0 Å². The number of hydrogen-bond acceptors (Lipinski definition) is 2. The Hall–Kier alpha value is -0.860. The molecule has 106 valence electrons. The monoisotopic (exact) mass is 260 g/mol. The minimum absolute atomic E-state index is 0.822. The summed E-state index contributed by atoms with van der Waals surface area (Å²) in [6, 6.07) is 11.7. The summed E-state index contributed by atoms with van der Waals surface area (Å²) >= 11 is 0. The van der Waals surface area contributed by atoms with Crippen LogP contribution in [0.1, 0.15) is 32.3 Å². The van der Waals surface area contributed by atoms with Gasteiger partial charge in [-0.05, 0) is 51.0 Å². The van der Waals surface area contributed by atoms with Gasteiger partial charge in [0, 0.05) is 12.6 Å². The van der Waals surface area contributed by atoms with Crippen molar-refractivity contribution in [2.24, 2.45) is 0 Å². The molecule has 0 atom stereocenters. The van der Waals surface area contributed by atoms with E-state index in [-0.39, 0.29) is 0 Å². The molecule has 0 radical (unpaired) electrons. The second-order valence-electron chi connectivity index (χ2n) is 5.53. The maximum atomic E-state index is 2.63. The Bertz CT molecular complexity index is 338. The van der Waals surface area contributed by atoms with Crippen molar-refractivity contribution in [2.75, 3.05) is 32.7 Å². The van der Waals surface area contributed by atoms with Gasteiger partial charge in [-0.3, -0.25) is 0 Å². The number of benzene rings is 1. The lowest BCUT2D eigenvalue weighted by atomic mass is 10.0. The molecule has 1 heterocycles. The number of hydrogen-bond donors (Lipinski definition) is 0. The molecule has 1 aromatic rings. The lowest BCUT2D eigenvalue weighted by molar-refractivity contribution is 0.117. The molecule has 19 heavy (non-hydrogen) atoms. The van der Waals surface area contributed by atoms with E-state index in [1.807, 2.05) is 0 Å². The van der Waals surface area contributed by atoms with E-state index in [1.54, 1.807) is 0 Å². The Morgan fingerprint density at radius 2 is 1.68 bits per heavy atom. The van der Waals surface area contributed by atoms with Crippen molar-refractivity contribution in [3.05, 3.63) is 35.9 Å². The van der Waals surface area contributed by atoms with Crippen molar-refractivity contribution in [1.82, 2.24) is 9.80 Å². The standard InChI is InChI=1S/C17H28N2/c1-3-19(4-2)17-11-14-18(15-12-17)13-10-16-8-6-5-7-9-16/h5-9,17H,3-4,10-15H2,1-2H3. The van der Waals surface area contributed by atoms with Gasteiger partial charge in [0.1, 0.15) is 0 Å². The average Bonchev–Trinajstić information content (AvgIpc) is 2.49. The van der Waals surface area contributed by atoms with E-state index < -0.39 is 0 Å². The highest BCUT2D eigenvalue weighted by Crippen LogP contribution is 2.16. The highest BCUT2D eigenvalue weighted by Gasteiger charge is 2.22. The molecule has 0 aliphatic carbocycles. The lowest BCUT2D eigenvalue weighted by Crippen LogP contribution is -2.45. The summed E-state index contributed by atoms with van der Waals surface area (Å²) in [6.07, 6.45) is 3.88. The number of rotatable bonds is 6. The fourth-order valence-electron chi connectivity index (χ4n) is 3.18. The van der Waals surface area contributed by atoms with E-state index in [9.17, 15) is 0 Å². The van der Waals surface area contributed by atoms with Crippen LogP contribution in [-0.2, 0) is 6.42 Å². The topological polar surface area (TPSA) is 6.48 Å². The molecule has 0 amide bonds. The summed E-state index contributed by atoms with van der Waals surface area (Å²) < 4.78 is 0. The molecule has 0 bridgehead atoms. The summed E-state index contributed by atoms with van der Waals surface area (Å²) in [4.78, 5) is 5.25. The lowest BCUT2D eigenvalue weighted by Gasteiger charge is -2.37. The van der Waals surface area contributed by atoms with Gasteiger partial charge in [-0.1, -0.05) is 44.2 Å². The Labute approximate surface area is 118 Å². The Balaban J connectivity index is 1.72. The minimum atomic E-state index is 0.822. The first-order chi connectivity index (χ1) is 9.33. The van der Waals surface area contributed by atoms with Crippen LogP contribution in [0.3, 0.4) is 0 Å². The maximum absolute atomic E-state index is 2.63. The first kappa shape index (κ1) is 14.5. The fraction of sp³-hybridized carbons (Fsp3) is 0.647. The first-order valence-electron chi connectivity index (χ1n) is 7.83. The van der Waals surface area contributed by atoms with Crippen molar-refractivity contribution in [3.8, 4) is 0 Å². The van der Waals surface area contributed by atoms with E-state index in [1.165, 1.54) is 57.5 Å². The van der Waals surface area contributed by atoms with Gasteiger partial charge in [0.05, 0.1) is 0 Å². The Morgan fingerprint density at radius 3 is 2.26 bits per heavy atom. The van der Waals surface area contributed by atoms with Crippen LogP contribution in [0, 0.1) is 0 Å². The van der Waals surface area contributed by atoms with Crippen LogP contribution in [0.25, 0.3) is 0 Å². The normalized spacial score (nSPS) is 18.1. The summed E-state index contributed by atoms with van der Waals surface area (Å²) in [5.41, 5.74) is 1.47. The molecule has 0 saturated carbocycles. The fourth-order valence-corrected chi connectivity index (χ4v) is 3.18. The van der Waals surface area contributed by atoms with Gasteiger partial charge in [0.25, 0.3) is 0 Å². The molecule has 0 aromatic heterocycles. The summed E-state index contributed by atoms with van der Waals surface area (Å²) in [5.74, 6) is 0. The van der Waals surface area contributed by atoms with Crippen LogP contribution >= 0.6 is 0 Å². The molecule has 0 spiro atoms. The second-order valence-corrected chi connectivity index (χ2v) is 5.53. The van der Waals surface area contributed by atoms with E-state index in [0.717, 1.165) is 6.04 Å². The van der Waals surface area contributed by atoms with Crippen molar-refractivity contribution in [1.29, 1.82) is 0 Å². The zero-order chi connectivity index (χ0) is 13.5. The zero-order valence-corrected chi connectivity index (χ0v) is 12.5. The largest absolute Gasteiger partial charge is 0.303 e. The van der Waals surface area contributed by atoms with Gasteiger partial charge < -0.3 is 9.80 Å². The molecule has 2 nitrogen and oxygen atoms in total. The molecule has 2 rings (SSSR count). The van der Waals surface area contributed by atoms with E-state index in [2.05, 4.69) is 54.0 Å². The molecular formula is C17H28N2. The van der Waals surface area contributed by atoms with Crippen LogP contribution in [0.5, 0.6) is 0 Å².